The van der Waals surface area contributed by atoms with Crippen molar-refractivity contribution in [3.05, 3.63) is 82.4 Å². The van der Waals surface area contributed by atoms with Crippen LogP contribution < -0.4 is 15.0 Å². The molecular formula is C24H22N2O3. The molecule has 1 aliphatic heterocycles. The third-order valence-corrected chi connectivity index (χ3v) is 5.11. The maximum absolute atomic E-state index is 13.1. The lowest BCUT2D eigenvalue weighted by Crippen LogP contribution is -2.25. The molecule has 0 saturated heterocycles. The Labute approximate surface area is 169 Å². The van der Waals surface area contributed by atoms with Crippen molar-refractivity contribution < 1.29 is 14.3 Å². The number of nitrogens with zero attached hydrogens (tertiary/aromatic N) is 1. The molecule has 3 aromatic rings. The molecule has 0 aromatic heterocycles. The molecule has 0 saturated carbocycles. The van der Waals surface area contributed by atoms with Gasteiger partial charge in [-0.2, -0.15) is 0 Å². The van der Waals surface area contributed by atoms with E-state index in [0.717, 1.165) is 16.7 Å². The second-order valence-corrected chi connectivity index (χ2v) is 7.42. The molecule has 0 aliphatic carbocycles. The van der Waals surface area contributed by atoms with E-state index in [9.17, 15) is 9.59 Å². The highest BCUT2D eigenvalue weighted by Gasteiger charge is 2.26. The Morgan fingerprint density at radius 2 is 1.59 bits per heavy atom. The zero-order chi connectivity index (χ0) is 20.7. The van der Waals surface area contributed by atoms with Gasteiger partial charge < -0.3 is 15.0 Å². The van der Waals surface area contributed by atoms with E-state index in [4.69, 9.17) is 4.74 Å². The van der Waals surface area contributed by atoms with E-state index in [0.29, 0.717) is 34.0 Å². The molecule has 2 amide bonds. The number of hydrogen-bond acceptors (Lipinski definition) is 3. The normalized spacial score (nSPS) is 12.6. The SMILES string of the molecule is Cc1ccc(C)c(C(=O)Nc2ccc3c(c2)C(=O)N(C)c2cc(C)ccc2O3)c1. The summed E-state index contributed by atoms with van der Waals surface area (Å²) in [5.74, 6) is 0.694. The Bertz CT molecular complexity index is 1150. The summed E-state index contributed by atoms with van der Waals surface area (Å²) in [5, 5.41) is 2.90. The lowest BCUT2D eigenvalue weighted by atomic mass is 10.0. The van der Waals surface area contributed by atoms with Crippen molar-refractivity contribution >= 4 is 23.2 Å². The third kappa shape index (κ3) is 3.47. The average Bonchev–Trinajstić information content (AvgIpc) is 2.79. The van der Waals surface area contributed by atoms with Crippen LogP contribution in [0.1, 0.15) is 37.4 Å². The van der Waals surface area contributed by atoms with Crippen molar-refractivity contribution in [1.82, 2.24) is 0 Å². The van der Waals surface area contributed by atoms with Crippen molar-refractivity contribution in [3.8, 4) is 11.5 Å². The predicted octanol–water partition coefficient (Wildman–Crippen LogP) is 5.25. The van der Waals surface area contributed by atoms with Crippen LogP contribution in [0.2, 0.25) is 0 Å². The van der Waals surface area contributed by atoms with Crippen LogP contribution in [0, 0.1) is 20.8 Å². The van der Waals surface area contributed by atoms with Crippen molar-refractivity contribution in [2.45, 2.75) is 20.8 Å². The van der Waals surface area contributed by atoms with Crippen molar-refractivity contribution in [2.24, 2.45) is 0 Å². The molecule has 0 fully saturated rings. The van der Waals surface area contributed by atoms with Gasteiger partial charge in [0.25, 0.3) is 11.8 Å². The molecule has 1 aliphatic rings. The van der Waals surface area contributed by atoms with Crippen molar-refractivity contribution in [2.75, 3.05) is 17.3 Å². The summed E-state index contributed by atoms with van der Waals surface area (Å²) >= 11 is 0. The molecule has 4 rings (SSSR count). The lowest BCUT2D eigenvalue weighted by molar-refractivity contribution is 0.0990. The molecule has 0 spiro atoms. The van der Waals surface area contributed by atoms with Gasteiger partial charge in [-0.15, -0.1) is 0 Å². The van der Waals surface area contributed by atoms with E-state index in [1.54, 1.807) is 30.1 Å². The molecule has 1 heterocycles. The first kappa shape index (κ1) is 18.7. The first-order chi connectivity index (χ1) is 13.8. The fourth-order valence-electron chi connectivity index (χ4n) is 3.43. The summed E-state index contributed by atoms with van der Waals surface area (Å²) in [4.78, 5) is 27.4. The second kappa shape index (κ2) is 7.09. The predicted molar refractivity (Wildman–Crippen MR) is 114 cm³/mol. The summed E-state index contributed by atoms with van der Waals surface area (Å²) in [5.41, 5.74) is 5.23. The summed E-state index contributed by atoms with van der Waals surface area (Å²) < 4.78 is 6.00. The summed E-state index contributed by atoms with van der Waals surface area (Å²) in [6, 6.07) is 16.6. The van der Waals surface area contributed by atoms with Crippen LogP contribution in [0.25, 0.3) is 0 Å². The van der Waals surface area contributed by atoms with Gasteiger partial charge in [-0.1, -0.05) is 23.8 Å². The minimum absolute atomic E-state index is 0.188. The molecule has 0 unspecified atom stereocenters. The van der Waals surface area contributed by atoms with E-state index in [1.807, 2.05) is 57.2 Å². The van der Waals surface area contributed by atoms with Gasteiger partial charge in [0.2, 0.25) is 0 Å². The molecule has 0 bridgehead atoms. The lowest BCUT2D eigenvalue weighted by Gasteiger charge is -2.17. The number of hydrogen-bond donors (Lipinski definition) is 1. The monoisotopic (exact) mass is 386 g/mol. The van der Waals surface area contributed by atoms with Crippen LogP contribution in [0.4, 0.5) is 11.4 Å². The number of carbonyl (C=O) groups is 2. The van der Waals surface area contributed by atoms with Crippen LogP contribution >= 0.6 is 0 Å². The minimum atomic E-state index is -0.208. The molecule has 3 aromatic carbocycles. The first-order valence-corrected chi connectivity index (χ1v) is 9.43. The quantitative estimate of drug-likeness (QED) is 0.655. The maximum atomic E-state index is 13.1. The summed E-state index contributed by atoms with van der Waals surface area (Å²) in [6.45, 7) is 5.82. The Kier molecular flexibility index (Phi) is 4.59. The van der Waals surface area contributed by atoms with Crippen LogP contribution in [0.5, 0.6) is 11.5 Å². The fraction of sp³-hybridized carbons (Fsp3) is 0.167. The minimum Gasteiger partial charge on any atom is -0.454 e. The first-order valence-electron chi connectivity index (χ1n) is 9.43. The highest BCUT2D eigenvalue weighted by atomic mass is 16.5. The van der Waals surface area contributed by atoms with Crippen LogP contribution in [-0.4, -0.2) is 18.9 Å². The fourth-order valence-corrected chi connectivity index (χ4v) is 3.43. The number of carbonyl (C=O) groups excluding carboxylic acids is 2. The van der Waals surface area contributed by atoms with E-state index in [1.165, 1.54) is 0 Å². The Balaban J connectivity index is 1.68. The molecule has 1 N–H and O–H groups in total. The number of fused-ring (bicyclic) bond motifs is 2. The molecule has 5 nitrogen and oxygen atoms in total. The standard InChI is InChI=1S/C24H22N2O3/c1-14-5-7-16(3)18(11-14)23(27)25-17-8-10-21-19(13-17)24(28)26(4)20-12-15(2)6-9-22(20)29-21/h5-13H,1-4H3,(H,25,27). The molecule has 146 valence electrons. The van der Waals surface area contributed by atoms with Crippen molar-refractivity contribution in [1.29, 1.82) is 0 Å². The number of anilines is 2. The topological polar surface area (TPSA) is 58.6 Å². The number of rotatable bonds is 2. The zero-order valence-corrected chi connectivity index (χ0v) is 16.9. The Morgan fingerprint density at radius 3 is 2.38 bits per heavy atom. The van der Waals surface area contributed by atoms with Gasteiger partial charge >= 0.3 is 0 Å². The molecule has 0 atom stereocenters. The number of aryl methyl sites for hydroxylation is 3. The smallest absolute Gasteiger partial charge is 0.261 e. The molecular weight excluding hydrogens is 364 g/mol. The van der Waals surface area contributed by atoms with Gasteiger partial charge in [0.05, 0.1) is 11.3 Å². The summed E-state index contributed by atoms with van der Waals surface area (Å²) in [7, 11) is 1.72. The molecule has 29 heavy (non-hydrogen) atoms. The molecule has 0 radical (unpaired) electrons. The van der Waals surface area contributed by atoms with Gasteiger partial charge in [-0.3, -0.25) is 9.59 Å². The molecule has 5 heteroatoms. The van der Waals surface area contributed by atoms with Gasteiger partial charge in [-0.05, 0) is 68.3 Å². The largest absolute Gasteiger partial charge is 0.454 e. The number of nitrogens with one attached hydrogen (secondary N) is 1. The van der Waals surface area contributed by atoms with E-state index >= 15 is 0 Å². The van der Waals surface area contributed by atoms with Crippen LogP contribution in [0.3, 0.4) is 0 Å². The number of benzene rings is 3. The third-order valence-electron chi connectivity index (χ3n) is 5.11. The number of amides is 2. The van der Waals surface area contributed by atoms with Crippen molar-refractivity contribution in [3.63, 3.8) is 0 Å². The highest BCUT2D eigenvalue weighted by Crippen LogP contribution is 2.39. The van der Waals surface area contributed by atoms with Gasteiger partial charge in [0.15, 0.2) is 5.75 Å². The maximum Gasteiger partial charge on any atom is 0.261 e. The van der Waals surface area contributed by atoms with E-state index in [2.05, 4.69) is 5.32 Å². The van der Waals surface area contributed by atoms with Gasteiger partial charge in [0.1, 0.15) is 5.75 Å². The van der Waals surface area contributed by atoms with Crippen LogP contribution in [-0.2, 0) is 0 Å². The average molecular weight is 386 g/mol. The van der Waals surface area contributed by atoms with E-state index < -0.39 is 0 Å². The Hall–Kier alpha value is -3.60. The van der Waals surface area contributed by atoms with E-state index in [-0.39, 0.29) is 11.8 Å². The summed E-state index contributed by atoms with van der Waals surface area (Å²) in [6.07, 6.45) is 0. The Morgan fingerprint density at radius 1 is 0.897 bits per heavy atom. The van der Waals surface area contributed by atoms with Gasteiger partial charge in [0, 0.05) is 18.3 Å². The zero-order valence-electron chi connectivity index (χ0n) is 16.9. The van der Waals surface area contributed by atoms with Crippen LogP contribution in [0.15, 0.2) is 54.6 Å². The van der Waals surface area contributed by atoms with Gasteiger partial charge in [-0.25, -0.2) is 0 Å². The number of ether oxygens (including phenoxy) is 1. The second-order valence-electron chi connectivity index (χ2n) is 7.42. The highest BCUT2D eigenvalue weighted by molar-refractivity contribution is 6.11.